The highest BCUT2D eigenvalue weighted by Gasteiger charge is 2.55. The number of rotatable bonds is 5. The Bertz CT molecular complexity index is 686. The molecule has 1 N–H and O–H groups in total. The second kappa shape index (κ2) is 6.58. The van der Waals surface area contributed by atoms with Crippen LogP contribution in [-0.4, -0.2) is 48.2 Å². The van der Waals surface area contributed by atoms with E-state index in [4.69, 9.17) is 9.47 Å². The van der Waals surface area contributed by atoms with Crippen molar-refractivity contribution in [1.29, 1.82) is 0 Å². The summed E-state index contributed by atoms with van der Waals surface area (Å²) < 4.78 is 11.0. The molecule has 3 rings (SSSR count). The quantitative estimate of drug-likeness (QED) is 0.886. The van der Waals surface area contributed by atoms with Gasteiger partial charge in [-0.3, -0.25) is 9.59 Å². The molecule has 1 amide bonds. The van der Waals surface area contributed by atoms with Gasteiger partial charge in [-0.2, -0.15) is 0 Å². The van der Waals surface area contributed by atoms with Crippen LogP contribution in [0.25, 0.3) is 0 Å². The van der Waals surface area contributed by atoms with E-state index in [9.17, 15) is 14.7 Å². The Morgan fingerprint density at radius 2 is 2.12 bits per heavy atom. The molecule has 6 nitrogen and oxygen atoms in total. The smallest absolute Gasteiger partial charge is 0.311 e. The maximum absolute atomic E-state index is 13.1. The van der Waals surface area contributed by atoms with E-state index >= 15 is 0 Å². The molecular weight excluding hydrogens is 322 g/mol. The third-order valence-corrected chi connectivity index (χ3v) is 5.37. The second-order valence-electron chi connectivity index (χ2n) is 7.26. The van der Waals surface area contributed by atoms with Crippen LogP contribution in [0.1, 0.15) is 43.5 Å². The van der Waals surface area contributed by atoms with Gasteiger partial charge in [0, 0.05) is 19.2 Å². The fraction of sp³-hybridized carbons (Fsp3) is 0.579. The molecule has 25 heavy (non-hydrogen) atoms. The molecule has 136 valence electrons. The van der Waals surface area contributed by atoms with Crippen LogP contribution in [0.3, 0.4) is 0 Å². The van der Waals surface area contributed by atoms with Gasteiger partial charge in [-0.25, -0.2) is 0 Å². The lowest BCUT2D eigenvalue weighted by Gasteiger charge is -2.24. The van der Waals surface area contributed by atoms with E-state index in [-0.39, 0.29) is 24.5 Å². The van der Waals surface area contributed by atoms with Crippen molar-refractivity contribution in [2.45, 2.75) is 39.2 Å². The lowest BCUT2D eigenvalue weighted by molar-refractivity contribution is -0.149. The Kier molecular flexibility index (Phi) is 4.62. The Hall–Kier alpha value is -2.24. The van der Waals surface area contributed by atoms with Gasteiger partial charge in [0.1, 0.15) is 11.5 Å². The van der Waals surface area contributed by atoms with Gasteiger partial charge >= 0.3 is 5.97 Å². The number of benzene rings is 1. The fourth-order valence-corrected chi connectivity index (χ4v) is 4.12. The van der Waals surface area contributed by atoms with Crippen LogP contribution >= 0.6 is 0 Å². The zero-order valence-electron chi connectivity index (χ0n) is 14.9. The molecular formula is C19H25NO5. The second-order valence-corrected chi connectivity index (χ2v) is 7.26. The number of carbonyl (C=O) groups is 2. The van der Waals surface area contributed by atoms with Crippen LogP contribution in [-0.2, 0) is 4.79 Å². The van der Waals surface area contributed by atoms with Crippen LogP contribution < -0.4 is 9.47 Å². The molecule has 0 spiro atoms. The number of likely N-dealkylation sites (tertiary alicyclic amines) is 1. The fourth-order valence-electron chi connectivity index (χ4n) is 4.12. The molecule has 2 aliphatic rings. The summed E-state index contributed by atoms with van der Waals surface area (Å²) >= 11 is 0. The molecule has 2 fully saturated rings. The summed E-state index contributed by atoms with van der Waals surface area (Å²) in [6.45, 7) is 4.57. The topological polar surface area (TPSA) is 76.1 Å². The summed E-state index contributed by atoms with van der Waals surface area (Å²) in [4.78, 5) is 26.6. The van der Waals surface area contributed by atoms with Crippen molar-refractivity contribution in [3.05, 3.63) is 23.8 Å². The highest BCUT2D eigenvalue weighted by Crippen LogP contribution is 2.49. The minimum atomic E-state index is -0.779. The number of carboxylic acid groups (broad SMARTS) is 1. The predicted octanol–water partition coefficient (Wildman–Crippen LogP) is 2.81. The molecule has 1 aliphatic heterocycles. The van der Waals surface area contributed by atoms with Gasteiger partial charge in [-0.15, -0.1) is 0 Å². The number of hydrogen-bond donors (Lipinski definition) is 1. The van der Waals surface area contributed by atoms with Crippen molar-refractivity contribution >= 4 is 11.9 Å². The van der Waals surface area contributed by atoms with E-state index in [0.717, 1.165) is 12.8 Å². The first-order valence-corrected chi connectivity index (χ1v) is 8.75. The molecule has 1 heterocycles. The van der Waals surface area contributed by atoms with Crippen molar-refractivity contribution in [1.82, 2.24) is 4.90 Å². The number of carbonyl (C=O) groups excluding carboxylic acids is 1. The van der Waals surface area contributed by atoms with Crippen molar-refractivity contribution in [3.8, 4) is 11.5 Å². The van der Waals surface area contributed by atoms with E-state index in [1.54, 1.807) is 30.2 Å². The molecule has 1 aromatic carbocycles. The van der Waals surface area contributed by atoms with Gasteiger partial charge in [0.15, 0.2) is 0 Å². The normalized spacial score (nSPS) is 25.1. The van der Waals surface area contributed by atoms with Gasteiger partial charge in [0.25, 0.3) is 5.91 Å². The van der Waals surface area contributed by atoms with Crippen molar-refractivity contribution < 1.29 is 24.2 Å². The first kappa shape index (κ1) is 17.6. The Balaban J connectivity index is 1.88. The molecule has 1 aromatic rings. The molecule has 0 unspecified atom stereocenters. The minimum absolute atomic E-state index is 0.0432. The summed E-state index contributed by atoms with van der Waals surface area (Å²) in [5.41, 5.74) is -0.323. The van der Waals surface area contributed by atoms with Gasteiger partial charge in [-0.05, 0) is 44.7 Å². The number of amides is 1. The zero-order valence-corrected chi connectivity index (χ0v) is 14.9. The van der Waals surface area contributed by atoms with Crippen LogP contribution in [0.4, 0.5) is 0 Å². The molecule has 0 bridgehead atoms. The maximum Gasteiger partial charge on any atom is 0.311 e. The highest BCUT2D eigenvalue weighted by molar-refractivity contribution is 5.98. The minimum Gasteiger partial charge on any atom is -0.497 e. The molecule has 1 saturated heterocycles. The number of carboxylic acids is 1. The number of ether oxygens (including phenoxy) is 2. The standard InChI is InChI=1S/C19H25NO5/c1-12(2)25-16-9-14(24-3)6-7-15(16)17(21)20-10-13-5-4-8-19(13,11-20)18(22)23/h6-7,9,12-13H,4-5,8,10-11H2,1-3H3,(H,22,23)/t13-,19+/m0/s1. The summed E-state index contributed by atoms with van der Waals surface area (Å²) in [5, 5.41) is 9.71. The molecule has 1 aliphatic carbocycles. The van der Waals surface area contributed by atoms with Crippen LogP contribution in [0.5, 0.6) is 11.5 Å². The summed E-state index contributed by atoms with van der Waals surface area (Å²) in [7, 11) is 1.56. The van der Waals surface area contributed by atoms with E-state index < -0.39 is 11.4 Å². The van der Waals surface area contributed by atoms with Crippen molar-refractivity contribution in [2.75, 3.05) is 20.2 Å². The Morgan fingerprint density at radius 3 is 2.72 bits per heavy atom. The maximum atomic E-state index is 13.1. The lowest BCUT2D eigenvalue weighted by atomic mass is 9.81. The highest BCUT2D eigenvalue weighted by atomic mass is 16.5. The van der Waals surface area contributed by atoms with E-state index in [1.165, 1.54) is 0 Å². The Labute approximate surface area is 147 Å². The van der Waals surface area contributed by atoms with Crippen molar-refractivity contribution in [2.24, 2.45) is 11.3 Å². The van der Waals surface area contributed by atoms with Gasteiger partial charge in [0.2, 0.25) is 0 Å². The van der Waals surface area contributed by atoms with Crippen molar-refractivity contribution in [3.63, 3.8) is 0 Å². The monoisotopic (exact) mass is 347 g/mol. The average molecular weight is 347 g/mol. The first-order valence-electron chi connectivity index (χ1n) is 8.75. The first-order chi connectivity index (χ1) is 11.9. The van der Waals surface area contributed by atoms with Gasteiger partial charge < -0.3 is 19.5 Å². The third kappa shape index (κ3) is 3.05. The molecule has 6 heteroatoms. The average Bonchev–Trinajstić information content (AvgIpc) is 3.11. The number of methoxy groups -OCH3 is 1. The van der Waals surface area contributed by atoms with E-state index in [2.05, 4.69) is 0 Å². The largest absolute Gasteiger partial charge is 0.497 e. The summed E-state index contributed by atoms with van der Waals surface area (Å²) in [6.07, 6.45) is 2.36. The SMILES string of the molecule is COc1ccc(C(=O)N2C[C@@H]3CCC[C@@]3(C(=O)O)C2)c(OC(C)C)c1. The predicted molar refractivity (Wildman–Crippen MR) is 92.1 cm³/mol. The van der Waals surface area contributed by atoms with E-state index in [0.29, 0.717) is 30.0 Å². The van der Waals surface area contributed by atoms with Crippen LogP contribution in [0, 0.1) is 11.3 Å². The molecule has 0 aromatic heterocycles. The van der Waals surface area contributed by atoms with Gasteiger partial charge in [-0.1, -0.05) is 6.42 Å². The van der Waals surface area contributed by atoms with Gasteiger partial charge in [0.05, 0.1) is 24.2 Å². The Morgan fingerprint density at radius 1 is 1.36 bits per heavy atom. The number of fused-ring (bicyclic) bond motifs is 1. The lowest BCUT2D eigenvalue weighted by Crippen LogP contribution is -2.37. The summed E-state index contributed by atoms with van der Waals surface area (Å²) in [5.74, 6) is 0.182. The molecule has 1 saturated carbocycles. The molecule has 0 radical (unpaired) electrons. The van der Waals surface area contributed by atoms with Crippen LogP contribution in [0.2, 0.25) is 0 Å². The number of nitrogens with zero attached hydrogens (tertiary/aromatic N) is 1. The van der Waals surface area contributed by atoms with E-state index in [1.807, 2.05) is 13.8 Å². The summed E-state index contributed by atoms with van der Waals surface area (Å²) in [6, 6.07) is 5.13. The molecule has 2 atom stereocenters. The van der Waals surface area contributed by atoms with Crippen LogP contribution in [0.15, 0.2) is 18.2 Å². The third-order valence-electron chi connectivity index (χ3n) is 5.37. The number of hydrogen-bond acceptors (Lipinski definition) is 4. The zero-order chi connectivity index (χ0) is 18.2. The number of aliphatic carboxylic acids is 1.